The van der Waals surface area contributed by atoms with Gasteiger partial charge in [0.2, 0.25) is 11.7 Å². The van der Waals surface area contributed by atoms with Gasteiger partial charge in [-0.15, -0.1) is 0 Å². The van der Waals surface area contributed by atoms with Gasteiger partial charge in [-0.3, -0.25) is 9.59 Å². The molecule has 0 aliphatic carbocycles. The van der Waals surface area contributed by atoms with Gasteiger partial charge in [-0.25, -0.2) is 15.0 Å². The fraction of sp³-hybridized carbons (Fsp3) is 0.571. The minimum atomic E-state index is -0.319. The Morgan fingerprint density at radius 3 is 2.70 bits per heavy atom. The molecule has 0 aromatic carbocycles. The van der Waals surface area contributed by atoms with Gasteiger partial charge in [0.25, 0.3) is 5.91 Å². The van der Waals surface area contributed by atoms with Crippen molar-refractivity contribution >= 4 is 28.7 Å². The van der Waals surface area contributed by atoms with Crippen LogP contribution in [0.2, 0.25) is 0 Å². The number of amides is 2. The minimum Gasteiger partial charge on any atom is -0.378 e. The maximum absolute atomic E-state index is 12.8. The largest absolute Gasteiger partial charge is 0.378 e. The molecule has 0 unspecified atom stereocenters. The first kappa shape index (κ1) is 20.5. The molecule has 2 aliphatic rings. The predicted octanol–water partition coefficient (Wildman–Crippen LogP) is 1.22. The molecule has 0 bridgehead atoms. The van der Waals surface area contributed by atoms with Gasteiger partial charge in [0.1, 0.15) is 5.82 Å². The first-order chi connectivity index (χ1) is 14.5. The Kier molecular flexibility index (Phi) is 6.08. The molecule has 1 N–H and O–H groups in total. The standard InChI is InChI=1S/C21H28N6O3/c1-14-13-15(2)23-18-17(14)20(27-9-11-30-12-10-27)25-19(24-18)21(29)22-6-4-8-26-7-3-5-16(26)28/h13H,3-12H2,1-2H3,(H,22,29). The molecule has 2 amide bonds. The van der Waals surface area contributed by atoms with Crippen LogP contribution in [-0.4, -0.2) is 77.6 Å². The van der Waals surface area contributed by atoms with E-state index in [9.17, 15) is 9.59 Å². The van der Waals surface area contributed by atoms with Crippen LogP contribution in [0.3, 0.4) is 0 Å². The number of carbonyl (C=O) groups excluding carboxylic acids is 2. The molecule has 9 heteroatoms. The number of hydrogen-bond acceptors (Lipinski definition) is 7. The van der Waals surface area contributed by atoms with Crippen molar-refractivity contribution in [3.63, 3.8) is 0 Å². The number of carbonyl (C=O) groups is 2. The molecule has 4 heterocycles. The monoisotopic (exact) mass is 412 g/mol. The van der Waals surface area contributed by atoms with Gasteiger partial charge in [0.15, 0.2) is 5.65 Å². The van der Waals surface area contributed by atoms with Crippen LogP contribution in [0.25, 0.3) is 11.0 Å². The lowest BCUT2D eigenvalue weighted by Crippen LogP contribution is -2.38. The fourth-order valence-corrected chi connectivity index (χ4v) is 4.05. The summed E-state index contributed by atoms with van der Waals surface area (Å²) in [6.07, 6.45) is 2.26. The summed E-state index contributed by atoms with van der Waals surface area (Å²) >= 11 is 0. The lowest BCUT2D eigenvalue weighted by atomic mass is 10.1. The van der Waals surface area contributed by atoms with E-state index in [0.29, 0.717) is 57.9 Å². The molecule has 30 heavy (non-hydrogen) atoms. The number of nitrogens with one attached hydrogen (secondary N) is 1. The average Bonchev–Trinajstić information content (AvgIpc) is 3.15. The lowest BCUT2D eigenvalue weighted by molar-refractivity contribution is -0.127. The summed E-state index contributed by atoms with van der Waals surface area (Å²) in [4.78, 5) is 42.1. The maximum atomic E-state index is 12.8. The molecule has 4 rings (SSSR count). The Morgan fingerprint density at radius 2 is 1.97 bits per heavy atom. The minimum absolute atomic E-state index is 0.124. The van der Waals surface area contributed by atoms with Crippen molar-refractivity contribution in [2.75, 3.05) is 50.8 Å². The van der Waals surface area contributed by atoms with Gasteiger partial charge in [0.05, 0.1) is 18.6 Å². The Balaban J connectivity index is 1.52. The van der Waals surface area contributed by atoms with Gasteiger partial charge < -0.3 is 19.9 Å². The molecule has 160 valence electrons. The number of morpholine rings is 1. The summed E-state index contributed by atoms with van der Waals surface area (Å²) in [6.45, 7) is 8.56. The van der Waals surface area contributed by atoms with Gasteiger partial charge in [0, 0.05) is 44.8 Å². The summed E-state index contributed by atoms with van der Waals surface area (Å²) < 4.78 is 5.47. The van der Waals surface area contributed by atoms with Gasteiger partial charge >= 0.3 is 0 Å². The molecule has 0 saturated carbocycles. The number of aromatic nitrogens is 3. The van der Waals surface area contributed by atoms with E-state index in [1.165, 1.54) is 0 Å². The highest BCUT2D eigenvalue weighted by Gasteiger charge is 2.22. The van der Waals surface area contributed by atoms with Crippen LogP contribution in [0.4, 0.5) is 5.82 Å². The molecule has 0 atom stereocenters. The number of rotatable bonds is 6. The first-order valence-electron chi connectivity index (χ1n) is 10.6. The number of fused-ring (bicyclic) bond motifs is 1. The molecule has 0 radical (unpaired) electrons. The van der Waals surface area contributed by atoms with Crippen molar-refractivity contribution in [1.29, 1.82) is 0 Å². The normalized spacial score (nSPS) is 17.1. The van der Waals surface area contributed by atoms with E-state index in [4.69, 9.17) is 4.74 Å². The van der Waals surface area contributed by atoms with Crippen LogP contribution < -0.4 is 10.2 Å². The number of aryl methyl sites for hydroxylation is 2. The first-order valence-corrected chi connectivity index (χ1v) is 10.6. The maximum Gasteiger partial charge on any atom is 0.289 e. The van der Waals surface area contributed by atoms with Crippen LogP contribution in [0.1, 0.15) is 41.1 Å². The summed E-state index contributed by atoms with van der Waals surface area (Å²) in [5.74, 6) is 0.742. The zero-order valence-corrected chi connectivity index (χ0v) is 17.6. The van der Waals surface area contributed by atoms with E-state index in [0.717, 1.165) is 35.4 Å². The van der Waals surface area contributed by atoms with Crippen LogP contribution in [0.15, 0.2) is 6.07 Å². The average molecular weight is 412 g/mol. The van der Waals surface area contributed by atoms with E-state index >= 15 is 0 Å². The molecular weight excluding hydrogens is 384 g/mol. The van der Waals surface area contributed by atoms with E-state index in [1.807, 2.05) is 24.8 Å². The smallest absolute Gasteiger partial charge is 0.289 e. The fourth-order valence-electron chi connectivity index (χ4n) is 4.05. The number of likely N-dealkylation sites (tertiary alicyclic amines) is 1. The molecule has 0 spiro atoms. The van der Waals surface area contributed by atoms with Crippen molar-refractivity contribution < 1.29 is 14.3 Å². The topological polar surface area (TPSA) is 101 Å². The highest BCUT2D eigenvalue weighted by molar-refractivity contribution is 5.96. The highest BCUT2D eigenvalue weighted by atomic mass is 16.5. The van der Waals surface area contributed by atoms with Gasteiger partial charge in [-0.1, -0.05) is 0 Å². The van der Waals surface area contributed by atoms with E-state index in [1.54, 1.807) is 0 Å². The van der Waals surface area contributed by atoms with Crippen LogP contribution in [-0.2, 0) is 9.53 Å². The second-order valence-corrected chi connectivity index (χ2v) is 7.84. The Morgan fingerprint density at radius 1 is 1.17 bits per heavy atom. The van der Waals surface area contributed by atoms with Crippen LogP contribution >= 0.6 is 0 Å². The number of anilines is 1. The molecular formula is C21H28N6O3. The number of pyridine rings is 1. The predicted molar refractivity (Wildman–Crippen MR) is 113 cm³/mol. The third-order valence-corrected chi connectivity index (χ3v) is 5.55. The number of nitrogens with zero attached hydrogens (tertiary/aromatic N) is 5. The summed E-state index contributed by atoms with van der Waals surface area (Å²) in [5.41, 5.74) is 2.44. The van der Waals surface area contributed by atoms with E-state index in [-0.39, 0.29) is 17.6 Å². The second kappa shape index (κ2) is 8.91. The van der Waals surface area contributed by atoms with Crippen molar-refractivity contribution in [3.05, 3.63) is 23.1 Å². The Hall–Kier alpha value is -2.81. The van der Waals surface area contributed by atoms with E-state index < -0.39 is 0 Å². The number of hydrogen-bond donors (Lipinski definition) is 1. The van der Waals surface area contributed by atoms with Crippen molar-refractivity contribution in [1.82, 2.24) is 25.2 Å². The summed E-state index contributed by atoms with van der Waals surface area (Å²) in [6, 6.07) is 2.01. The van der Waals surface area contributed by atoms with E-state index in [2.05, 4.69) is 25.2 Å². The Labute approximate surface area is 175 Å². The van der Waals surface area contributed by atoms with Crippen LogP contribution in [0, 0.1) is 13.8 Å². The molecule has 2 fully saturated rings. The molecule has 2 aliphatic heterocycles. The summed E-state index contributed by atoms with van der Waals surface area (Å²) in [5, 5.41) is 3.77. The van der Waals surface area contributed by atoms with Crippen LogP contribution in [0.5, 0.6) is 0 Å². The zero-order chi connectivity index (χ0) is 21.1. The summed E-state index contributed by atoms with van der Waals surface area (Å²) in [7, 11) is 0. The molecule has 9 nitrogen and oxygen atoms in total. The SMILES string of the molecule is Cc1cc(C)c2c(N3CCOCC3)nc(C(=O)NCCCN3CCCC3=O)nc2n1. The van der Waals surface area contributed by atoms with Crippen molar-refractivity contribution in [2.45, 2.75) is 33.1 Å². The van der Waals surface area contributed by atoms with Gasteiger partial charge in [-0.2, -0.15) is 0 Å². The molecule has 2 aromatic heterocycles. The van der Waals surface area contributed by atoms with Gasteiger partial charge in [-0.05, 0) is 38.3 Å². The number of ether oxygens (including phenoxy) is 1. The lowest BCUT2D eigenvalue weighted by Gasteiger charge is -2.29. The molecule has 2 saturated heterocycles. The quantitative estimate of drug-likeness (QED) is 0.712. The third kappa shape index (κ3) is 4.35. The second-order valence-electron chi connectivity index (χ2n) is 7.84. The van der Waals surface area contributed by atoms with Crippen molar-refractivity contribution in [2.24, 2.45) is 0 Å². The zero-order valence-electron chi connectivity index (χ0n) is 17.6. The van der Waals surface area contributed by atoms with Crippen molar-refractivity contribution in [3.8, 4) is 0 Å². The highest BCUT2D eigenvalue weighted by Crippen LogP contribution is 2.27. The Bertz CT molecular complexity index is 957. The molecule has 2 aromatic rings. The third-order valence-electron chi connectivity index (χ3n) is 5.55.